The highest BCUT2D eigenvalue weighted by molar-refractivity contribution is 5.45. The number of hydrogen-bond acceptors (Lipinski definition) is 2. The summed E-state index contributed by atoms with van der Waals surface area (Å²) in [6.45, 7) is 6.02. The topological polar surface area (TPSA) is 34.8 Å². The molecule has 0 atom stereocenters. The van der Waals surface area contributed by atoms with E-state index >= 15 is 0 Å². The van der Waals surface area contributed by atoms with Gasteiger partial charge >= 0.3 is 0 Å². The Hall–Kier alpha value is -1.71. The molecule has 1 N–H and O–H groups in total. The molecule has 4 heteroatoms. The smallest absolute Gasteiger partial charge is 0.0825 e. The molecule has 0 saturated carbocycles. The van der Waals surface area contributed by atoms with Crippen molar-refractivity contribution in [1.29, 1.82) is 0 Å². The average Bonchev–Trinajstić information content (AvgIpc) is 2.83. The van der Waals surface area contributed by atoms with Gasteiger partial charge in [0.1, 0.15) is 0 Å². The molecule has 0 amide bonds. The third-order valence-electron chi connectivity index (χ3n) is 2.91. The van der Waals surface area contributed by atoms with Crippen molar-refractivity contribution in [1.82, 2.24) is 14.3 Å². The molecule has 4 nitrogen and oxygen atoms in total. The Labute approximate surface area is 102 Å². The monoisotopic (exact) mass is 232 g/mol. The summed E-state index contributed by atoms with van der Waals surface area (Å²) in [7, 11) is 2.06. The highest BCUT2D eigenvalue weighted by atomic mass is 15.3. The van der Waals surface area contributed by atoms with Crippen molar-refractivity contribution in [3.05, 3.63) is 35.9 Å². The lowest BCUT2D eigenvalue weighted by Crippen LogP contribution is -2.04. The number of nitrogens with zero attached hydrogens (tertiary/aromatic N) is 3. The van der Waals surface area contributed by atoms with Crippen molar-refractivity contribution in [3.63, 3.8) is 0 Å². The fraction of sp³-hybridized carbons (Fsp3) is 0.462. The summed E-state index contributed by atoms with van der Waals surface area (Å²) in [6.07, 6.45) is 5.25. The molecule has 0 spiro atoms. The van der Waals surface area contributed by atoms with Crippen LogP contribution in [0.1, 0.15) is 24.7 Å². The zero-order valence-electron chi connectivity index (χ0n) is 10.8. The van der Waals surface area contributed by atoms with Gasteiger partial charge in [-0.15, -0.1) is 0 Å². The molecular formula is C13H20N4. The second kappa shape index (κ2) is 5.08. The predicted molar refractivity (Wildman–Crippen MR) is 70.0 cm³/mol. The van der Waals surface area contributed by atoms with Gasteiger partial charge in [0.15, 0.2) is 0 Å². The van der Waals surface area contributed by atoms with Crippen LogP contribution in [-0.2, 0) is 20.1 Å². The molecule has 2 aromatic rings. The SMILES string of the molecule is CCCn1cc(NCc2cccn2C)c(C)n1. The van der Waals surface area contributed by atoms with Gasteiger partial charge in [-0.3, -0.25) is 4.68 Å². The molecule has 0 aliphatic heterocycles. The molecule has 0 aliphatic carbocycles. The van der Waals surface area contributed by atoms with Gasteiger partial charge in [-0.2, -0.15) is 5.10 Å². The zero-order chi connectivity index (χ0) is 12.3. The van der Waals surface area contributed by atoms with Crippen LogP contribution in [-0.4, -0.2) is 14.3 Å². The number of aromatic nitrogens is 3. The molecule has 0 aliphatic rings. The van der Waals surface area contributed by atoms with Crippen LogP contribution in [0, 0.1) is 6.92 Å². The summed E-state index contributed by atoms with van der Waals surface area (Å²) in [5, 5.41) is 7.90. The lowest BCUT2D eigenvalue weighted by molar-refractivity contribution is 0.598. The second-order valence-electron chi connectivity index (χ2n) is 4.36. The van der Waals surface area contributed by atoms with Gasteiger partial charge in [0.2, 0.25) is 0 Å². The summed E-state index contributed by atoms with van der Waals surface area (Å²) >= 11 is 0. The van der Waals surface area contributed by atoms with Gasteiger partial charge in [0, 0.05) is 31.7 Å². The van der Waals surface area contributed by atoms with Crippen molar-refractivity contribution < 1.29 is 0 Å². The minimum Gasteiger partial charge on any atom is -0.377 e. The van der Waals surface area contributed by atoms with Crippen molar-refractivity contribution in [2.24, 2.45) is 7.05 Å². The number of nitrogens with one attached hydrogen (secondary N) is 1. The Bertz CT molecular complexity index is 481. The lowest BCUT2D eigenvalue weighted by atomic mass is 10.3. The third-order valence-corrected chi connectivity index (χ3v) is 2.91. The maximum Gasteiger partial charge on any atom is 0.0825 e. The molecule has 2 rings (SSSR count). The largest absolute Gasteiger partial charge is 0.377 e. The van der Waals surface area contributed by atoms with E-state index in [-0.39, 0.29) is 0 Å². The van der Waals surface area contributed by atoms with E-state index in [0.29, 0.717) is 0 Å². The first kappa shape index (κ1) is 11.8. The van der Waals surface area contributed by atoms with Gasteiger partial charge in [-0.25, -0.2) is 0 Å². The van der Waals surface area contributed by atoms with Crippen LogP contribution in [0.2, 0.25) is 0 Å². The minimum absolute atomic E-state index is 0.835. The average molecular weight is 232 g/mol. The van der Waals surface area contributed by atoms with Crippen LogP contribution < -0.4 is 5.32 Å². The summed E-state index contributed by atoms with van der Waals surface area (Å²) in [6, 6.07) is 4.18. The quantitative estimate of drug-likeness (QED) is 0.859. The van der Waals surface area contributed by atoms with Gasteiger partial charge in [-0.05, 0) is 25.5 Å². The standard InChI is InChI=1S/C13H20N4/c1-4-7-17-10-13(11(2)15-17)14-9-12-6-5-8-16(12)3/h5-6,8,10,14H,4,7,9H2,1-3H3. The van der Waals surface area contributed by atoms with Gasteiger partial charge < -0.3 is 9.88 Å². The molecule has 0 fully saturated rings. The molecule has 0 unspecified atom stereocenters. The second-order valence-corrected chi connectivity index (χ2v) is 4.36. The third kappa shape index (κ3) is 2.70. The van der Waals surface area contributed by atoms with E-state index in [1.54, 1.807) is 0 Å². The number of rotatable bonds is 5. The van der Waals surface area contributed by atoms with Crippen LogP contribution in [0.5, 0.6) is 0 Å². The fourth-order valence-electron chi connectivity index (χ4n) is 1.90. The Morgan fingerprint density at radius 2 is 2.24 bits per heavy atom. The Morgan fingerprint density at radius 3 is 2.88 bits per heavy atom. The van der Waals surface area contributed by atoms with Crippen LogP contribution >= 0.6 is 0 Å². The molecule has 0 radical (unpaired) electrons. The summed E-state index contributed by atoms with van der Waals surface area (Å²) in [4.78, 5) is 0. The van der Waals surface area contributed by atoms with E-state index < -0.39 is 0 Å². The Morgan fingerprint density at radius 1 is 1.41 bits per heavy atom. The maximum absolute atomic E-state index is 4.47. The van der Waals surface area contributed by atoms with E-state index in [2.05, 4.69) is 53.5 Å². The molecule has 2 aromatic heterocycles. The first-order chi connectivity index (χ1) is 8.20. The van der Waals surface area contributed by atoms with Gasteiger partial charge in [0.05, 0.1) is 17.9 Å². The summed E-state index contributed by atoms with van der Waals surface area (Å²) in [5.41, 5.74) is 3.46. The van der Waals surface area contributed by atoms with Crippen LogP contribution in [0.25, 0.3) is 0 Å². The number of hydrogen-bond donors (Lipinski definition) is 1. The molecule has 0 bridgehead atoms. The molecule has 0 saturated heterocycles. The molecule has 92 valence electrons. The normalized spacial score (nSPS) is 10.8. The number of anilines is 1. The van der Waals surface area contributed by atoms with Crippen molar-refractivity contribution in [2.45, 2.75) is 33.4 Å². The molecular weight excluding hydrogens is 212 g/mol. The van der Waals surface area contributed by atoms with E-state index in [1.807, 2.05) is 11.6 Å². The van der Waals surface area contributed by atoms with E-state index in [4.69, 9.17) is 0 Å². The fourth-order valence-corrected chi connectivity index (χ4v) is 1.90. The Balaban J connectivity index is 2.01. The number of aryl methyl sites for hydroxylation is 3. The van der Waals surface area contributed by atoms with Crippen molar-refractivity contribution >= 4 is 5.69 Å². The first-order valence-corrected chi connectivity index (χ1v) is 6.09. The van der Waals surface area contributed by atoms with Crippen LogP contribution in [0.15, 0.2) is 24.5 Å². The van der Waals surface area contributed by atoms with Gasteiger partial charge in [-0.1, -0.05) is 6.92 Å². The van der Waals surface area contributed by atoms with E-state index in [0.717, 1.165) is 30.9 Å². The van der Waals surface area contributed by atoms with Crippen molar-refractivity contribution in [3.8, 4) is 0 Å². The van der Waals surface area contributed by atoms with E-state index in [9.17, 15) is 0 Å². The highest BCUT2D eigenvalue weighted by Gasteiger charge is 2.04. The molecule has 0 aromatic carbocycles. The van der Waals surface area contributed by atoms with Crippen LogP contribution in [0.3, 0.4) is 0 Å². The minimum atomic E-state index is 0.835. The van der Waals surface area contributed by atoms with Crippen molar-refractivity contribution in [2.75, 3.05) is 5.32 Å². The first-order valence-electron chi connectivity index (χ1n) is 6.09. The van der Waals surface area contributed by atoms with Crippen LogP contribution in [0.4, 0.5) is 5.69 Å². The summed E-state index contributed by atoms with van der Waals surface area (Å²) < 4.78 is 4.13. The summed E-state index contributed by atoms with van der Waals surface area (Å²) in [5.74, 6) is 0. The zero-order valence-corrected chi connectivity index (χ0v) is 10.8. The Kier molecular flexibility index (Phi) is 3.52. The highest BCUT2D eigenvalue weighted by Crippen LogP contribution is 2.14. The lowest BCUT2D eigenvalue weighted by Gasteiger charge is -2.05. The van der Waals surface area contributed by atoms with Gasteiger partial charge in [0.25, 0.3) is 0 Å². The molecule has 2 heterocycles. The predicted octanol–water partition coefficient (Wildman–Crippen LogP) is 2.55. The van der Waals surface area contributed by atoms with E-state index in [1.165, 1.54) is 5.69 Å². The molecule has 17 heavy (non-hydrogen) atoms. The maximum atomic E-state index is 4.47.